The van der Waals surface area contributed by atoms with Crippen molar-refractivity contribution in [3.63, 3.8) is 0 Å². The van der Waals surface area contributed by atoms with Gasteiger partial charge in [0.1, 0.15) is 17.2 Å². The van der Waals surface area contributed by atoms with Crippen molar-refractivity contribution in [3.8, 4) is 0 Å². The minimum atomic E-state index is -0.223. The number of rotatable bonds is 5. The Hall–Kier alpha value is -2.55. The highest BCUT2D eigenvalue weighted by atomic mass is 127. The van der Waals surface area contributed by atoms with Crippen LogP contribution < -0.4 is 10.6 Å². The van der Waals surface area contributed by atoms with Crippen molar-refractivity contribution in [3.05, 3.63) is 71.9 Å². The fraction of sp³-hybridized carbons (Fsp3) is 0.190. The van der Waals surface area contributed by atoms with Crippen LogP contribution in [-0.4, -0.2) is 24.5 Å². The molecule has 0 amide bonds. The number of hydrogen-bond acceptors (Lipinski definition) is 2. The molecule has 5 nitrogen and oxygen atoms in total. The monoisotopic (exact) mass is 492 g/mol. The average Bonchev–Trinajstić information content (AvgIpc) is 3.28. The quantitative estimate of drug-likeness (QED) is 0.217. The van der Waals surface area contributed by atoms with Crippen LogP contribution in [0.3, 0.4) is 0 Å². The molecule has 4 rings (SSSR count). The van der Waals surface area contributed by atoms with Crippen molar-refractivity contribution < 1.29 is 8.81 Å². The highest BCUT2D eigenvalue weighted by molar-refractivity contribution is 14.0. The lowest BCUT2D eigenvalue weighted by Crippen LogP contribution is -2.37. The van der Waals surface area contributed by atoms with Crippen LogP contribution in [0.2, 0.25) is 0 Å². The number of nitrogens with one attached hydrogen (secondary N) is 3. The van der Waals surface area contributed by atoms with Crippen molar-refractivity contribution >= 4 is 51.8 Å². The molecule has 0 bridgehead atoms. The zero-order valence-corrected chi connectivity index (χ0v) is 17.8. The molecule has 0 aliphatic rings. The Morgan fingerprint density at radius 3 is 2.82 bits per heavy atom. The zero-order valence-electron chi connectivity index (χ0n) is 15.5. The number of hydrogen-bond donors (Lipinski definition) is 3. The van der Waals surface area contributed by atoms with E-state index in [4.69, 9.17) is 4.42 Å². The van der Waals surface area contributed by atoms with Gasteiger partial charge in [0.15, 0.2) is 5.96 Å². The average molecular weight is 492 g/mol. The summed E-state index contributed by atoms with van der Waals surface area (Å²) >= 11 is 0. The second-order valence-electron chi connectivity index (χ2n) is 6.36. The molecule has 0 unspecified atom stereocenters. The van der Waals surface area contributed by atoms with Crippen molar-refractivity contribution in [2.45, 2.75) is 13.0 Å². The number of aromatic amines is 1. The van der Waals surface area contributed by atoms with E-state index in [0.717, 1.165) is 39.6 Å². The molecule has 28 heavy (non-hydrogen) atoms. The summed E-state index contributed by atoms with van der Waals surface area (Å²) in [6.07, 6.45) is 2.69. The third-order valence-corrected chi connectivity index (χ3v) is 4.55. The largest absolute Gasteiger partial charge is 0.459 e. The molecular weight excluding hydrogens is 470 g/mol. The summed E-state index contributed by atoms with van der Waals surface area (Å²) in [5, 5.41) is 8.54. The topological polar surface area (TPSA) is 65.3 Å². The Bertz CT molecular complexity index is 1070. The van der Waals surface area contributed by atoms with Gasteiger partial charge in [0.2, 0.25) is 0 Å². The summed E-state index contributed by atoms with van der Waals surface area (Å²) < 4.78 is 19.3. The van der Waals surface area contributed by atoms with E-state index in [2.05, 4.69) is 20.6 Å². The number of halogens is 2. The molecule has 0 saturated carbocycles. The Morgan fingerprint density at radius 2 is 2.00 bits per heavy atom. The van der Waals surface area contributed by atoms with E-state index < -0.39 is 0 Å². The normalized spacial score (nSPS) is 11.6. The summed E-state index contributed by atoms with van der Waals surface area (Å²) in [7, 11) is 1.73. The van der Waals surface area contributed by atoms with E-state index in [1.54, 1.807) is 19.2 Å². The van der Waals surface area contributed by atoms with Crippen LogP contribution in [-0.2, 0) is 13.0 Å². The number of guanidine groups is 1. The smallest absolute Gasteiger partial charge is 0.191 e. The van der Waals surface area contributed by atoms with Gasteiger partial charge in [-0.05, 0) is 42.3 Å². The van der Waals surface area contributed by atoms with E-state index >= 15 is 0 Å². The fourth-order valence-corrected chi connectivity index (χ4v) is 3.19. The molecule has 0 radical (unpaired) electrons. The number of H-pyrrole nitrogens is 1. The molecule has 7 heteroatoms. The van der Waals surface area contributed by atoms with Gasteiger partial charge in [0.05, 0.1) is 6.54 Å². The van der Waals surface area contributed by atoms with Gasteiger partial charge in [-0.1, -0.05) is 18.2 Å². The lowest BCUT2D eigenvalue weighted by atomic mass is 10.1. The number of benzene rings is 2. The number of aromatic nitrogens is 1. The number of nitrogens with zero attached hydrogens (tertiary/aromatic N) is 1. The Labute approximate surface area is 179 Å². The molecule has 2 aromatic carbocycles. The fourth-order valence-electron chi connectivity index (χ4n) is 3.19. The molecule has 0 spiro atoms. The molecule has 2 heterocycles. The second-order valence-corrected chi connectivity index (χ2v) is 6.36. The molecule has 0 aliphatic heterocycles. The highest BCUT2D eigenvalue weighted by Crippen LogP contribution is 2.20. The highest BCUT2D eigenvalue weighted by Gasteiger charge is 2.07. The van der Waals surface area contributed by atoms with Crippen molar-refractivity contribution in [1.29, 1.82) is 0 Å². The maximum atomic E-state index is 13.5. The van der Waals surface area contributed by atoms with Gasteiger partial charge in [-0.25, -0.2) is 4.39 Å². The molecule has 0 saturated heterocycles. The van der Waals surface area contributed by atoms with Gasteiger partial charge in [0.25, 0.3) is 0 Å². The van der Waals surface area contributed by atoms with Crippen LogP contribution in [0, 0.1) is 5.82 Å². The van der Waals surface area contributed by atoms with Gasteiger partial charge in [0, 0.05) is 36.1 Å². The predicted octanol–water partition coefficient (Wildman–Crippen LogP) is 4.58. The molecule has 146 valence electrons. The lowest BCUT2D eigenvalue weighted by Gasteiger charge is -2.10. The first-order valence-electron chi connectivity index (χ1n) is 8.90. The van der Waals surface area contributed by atoms with Crippen LogP contribution in [0.25, 0.3) is 21.9 Å². The van der Waals surface area contributed by atoms with Crippen LogP contribution >= 0.6 is 24.0 Å². The minimum absolute atomic E-state index is 0. The first-order valence-corrected chi connectivity index (χ1v) is 8.90. The number of fused-ring (bicyclic) bond motifs is 2. The number of aliphatic imine (C=N–C) groups is 1. The lowest BCUT2D eigenvalue weighted by molar-refractivity contribution is 0.538. The van der Waals surface area contributed by atoms with E-state index in [-0.39, 0.29) is 29.8 Å². The van der Waals surface area contributed by atoms with Crippen LogP contribution in [0.1, 0.15) is 11.3 Å². The summed E-state index contributed by atoms with van der Waals surface area (Å²) in [6.45, 7) is 1.23. The molecule has 4 aromatic rings. The molecule has 3 N–H and O–H groups in total. The minimum Gasteiger partial charge on any atom is -0.459 e. The van der Waals surface area contributed by atoms with Crippen molar-refractivity contribution in [2.75, 3.05) is 13.6 Å². The van der Waals surface area contributed by atoms with Gasteiger partial charge in [-0.2, -0.15) is 0 Å². The molecule has 2 aromatic heterocycles. The van der Waals surface area contributed by atoms with Crippen molar-refractivity contribution in [2.24, 2.45) is 4.99 Å². The first-order chi connectivity index (χ1) is 13.2. The van der Waals surface area contributed by atoms with Gasteiger partial charge >= 0.3 is 0 Å². The van der Waals surface area contributed by atoms with E-state index in [0.29, 0.717) is 19.0 Å². The summed E-state index contributed by atoms with van der Waals surface area (Å²) in [5.74, 6) is 1.33. The zero-order chi connectivity index (χ0) is 18.6. The summed E-state index contributed by atoms with van der Waals surface area (Å²) in [4.78, 5) is 7.41. The maximum Gasteiger partial charge on any atom is 0.191 e. The van der Waals surface area contributed by atoms with Crippen LogP contribution in [0.4, 0.5) is 4.39 Å². The van der Waals surface area contributed by atoms with E-state index in [9.17, 15) is 4.39 Å². The Balaban J connectivity index is 0.00000225. The maximum absolute atomic E-state index is 13.5. The first kappa shape index (κ1) is 20.2. The standard InChI is InChI=1S/C21H21FN4O.HI/c1-23-21(26-13-17-10-14-4-2-3-5-20(14)27-17)24-9-8-15-12-25-19-7-6-16(22)11-18(15)19;/h2-7,10-12,25H,8-9,13H2,1H3,(H2,23,24,26);1H. The summed E-state index contributed by atoms with van der Waals surface area (Å²) in [5.41, 5.74) is 2.90. The van der Waals surface area contributed by atoms with Gasteiger partial charge in [-0.15, -0.1) is 24.0 Å². The number of para-hydroxylation sites is 1. The number of furan rings is 1. The second kappa shape index (κ2) is 9.09. The molecule has 0 atom stereocenters. The van der Waals surface area contributed by atoms with E-state index in [1.165, 1.54) is 6.07 Å². The Kier molecular flexibility index (Phi) is 6.56. The SMILES string of the molecule is CN=C(NCCc1c[nH]c2ccc(F)cc12)NCc1cc2ccccc2o1.I. The van der Waals surface area contributed by atoms with Crippen LogP contribution in [0.15, 0.2) is 64.1 Å². The molecule has 0 fully saturated rings. The van der Waals surface area contributed by atoms with Crippen LogP contribution in [0.5, 0.6) is 0 Å². The summed E-state index contributed by atoms with van der Waals surface area (Å²) in [6, 6.07) is 14.7. The van der Waals surface area contributed by atoms with Gasteiger partial charge in [-0.3, -0.25) is 4.99 Å². The van der Waals surface area contributed by atoms with E-state index in [1.807, 2.05) is 36.5 Å². The predicted molar refractivity (Wildman–Crippen MR) is 122 cm³/mol. The third-order valence-electron chi connectivity index (χ3n) is 4.55. The Morgan fingerprint density at radius 1 is 1.14 bits per heavy atom. The van der Waals surface area contributed by atoms with Crippen molar-refractivity contribution in [1.82, 2.24) is 15.6 Å². The third kappa shape index (κ3) is 4.46. The van der Waals surface area contributed by atoms with Gasteiger partial charge < -0.3 is 20.0 Å². The molecular formula is C21H22FIN4O. The molecule has 0 aliphatic carbocycles.